The van der Waals surface area contributed by atoms with Gasteiger partial charge in [0.15, 0.2) is 12.1 Å². The number of aliphatic hydroxyl groups excluding tert-OH is 1. The molecule has 2 aliphatic rings. The lowest BCUT2D eigenvalue weighted by atomic mass is 10.1. The number of fused-ring (bicyclic) bond motifs is 1. The number of benzene rings is 4. The average molecular weight is 619 g/mol. The normalized spacial score (nSPS) is 23.9. The molecule has 0 aromatic heterocycles. The van der Waals surface area contributed by atoms with Crippen molar-refractivity contribution in [3.63, 3.8) is 0 Å². The third-order valence-electron chi connectivity index (χ3n) is 7.00. The summed E-state index contributed by atoms with van der Waals surface area (Å²) in [6, 6.07) is 40.6. The van der Waals surface area contributed by atoms with E-state index in [-0.39, 0.29) is 0 Å². The van der Waals surface area contributed by atoms with Crippen LogP contribution in [0.5, 0.6) is 0 Å². The van der Waals surface area contributed by atoms with E-state index < -0.39 is 39.9 Å². The molecule has 218 valence electrons. The highest BCUT2D eigenvalue weighted by atomic mass is 32.3. The Morgan fingerprint density at radius 3 is 1.64 bits per heavy atom. The number of ether oxygens (including phenoxy) is 4. The largest absolute Gasteiger partial charge is 0.387 e. The van der Waals surface area contributed by atoms with Crippen molar-refractivity contribution in [3.8, 4) is 0 Å². The predicted molar refractivity (Wildman–Crippen MR) is 169 cm³/mol. The van der Waals surface area contributed by atoms with Gasteiger partial charge in [0.1, 0.15) is 27.8 Å². The Morgan fingerprint density at radius 2 is 1.17 bits per heavy atom. The minimum absolute atomic E-state index is 0.363. The zero-order chi connectivity index (χ0) is 29.0. The molecule has 1 N–H and O–H groups in total. The predicted octanol–water partition coefficient (Wildman–Crippen LogP) is 7.84. The minimum Gasteiger partial charge on any atom is -0.387 e. The highest BCUT2D eigenvalue weighted by molar-refractivity contribution is 8.33. The summed E-state index contributed by atoms with van der Waals surface area (Å²) in [7, 11) is 0. The van der Waals surface area contributed by atoms with E-state index >= 15 is 0 Å². The van der Waals surface area contributed by atoms with Gasteiger partial charge in [0, 0.05) is 14.7 Å². The molecule has 0 amide bonds. The molecule has 0 aliphatic carbocycles. The van der Waals surface area contributed by atoms with Gasteiger partial charge in [-0.3, -0.25) is 0 Å². The second-order valence-corrected chi connectivity index (χ2v) is 15.4. The van der Waals surface area contributed by atoms with Crippen LogP contribution in [0.1, 0.15) is 19.4 Å². The molecule has 0 bridgehead atoms. The van der Waals surface area contributed by atoms with Crippen LogP contribution in [-0.2, 0) is 25.6 Å². The molecule has 4 aromatic carbocycles. The van der Waals surface area contributed by atoms with Gasteiger partial charge < -0.3 is 24.1 Å². The van der Waals surface area contributed by atoms with E-state index in [0.29, 0.717) is 6.61 Å². The summed E-state index contributed by atoms with van der Waals surface area (Å²) in [5.74, 6) is -0.812. The van der Waals surface area contributed by atoms with Crippen molar-refractivity contribution in [3.05, 3.63) is 127 Å². The third kappa shape index (κ3) is 6.93. The van der Waals surface area contributed by atoms with Gasteiger partial charge in [0.25, 0.3) is 0 Å². The fourth-order valence-electron chi connectivity index (χ4n) is 5.12. The summed E-state index contributed by atoms with van der Waals surface area (Å²) in [6.07, 6.45) is -3.41. The highest BCUT2D eigenvalue weighted by Crippen LogP contribution is 2.59. The summed E-state index contributed by atoms with van der Waals surface area (Å²) < 4.78 is 24.7. The number of hydrogen-bond donors (Lipinski definition) is 1. The second-order valence-electron chi connectivity index (χ2n) is 10.6. The van der Waals surface area contributed by atoms with E-state index in [1.165, 1.54) is 0 Å². The first-order valence-corrected chi connectivity index (χ1v) is 16.4. The summed E-state index contributed by atoms with van der Waals surface area (Å²) in [5, 5.41) is 12.6. The molecule has 5 nitrogen and oxygen atoms in total. The third-order valence-corrected chi connectivity index (χ3v) is 11.6. The summed E-state index contributed by atoms with van der Waals surface area (Å²) in [5.41, 5.74) is 1.04. The van der Waals surface area contributed by atoms with Crippen LogP contribution in [0.4, 0.5) is 0 Å². The number of rotatable bonds is 11. The Hall–Kier alpha value is -2.27. The molecule has 0 radical (unpaired) electrons. The molecule has 0 spiro atoms. The lowest BCUT2D eigenvalue weighted by Crippen LogP contribution is -2.50. The van der Waals surface area contributed by atoms with Crippen molar-refractivity contribution in [1.82, 2.24) is 0 Å². The summed E-state index contributed by atoms with van der Waals surface area (Å²) in [6.45, 7) is 4.11. The Bertz CT molecular complexity index is 1310. The molecular weight excluding hydrogens is 585 g/mol. The summed E-state index contributed by atoms with van der Waals surface area (Å²) >= 11 is 4.87. The second kappa shape index (κ2) is 13.2. The number of thioether (sulfide) groups is 3. The van der Waals surface area contributed by atoms with Gasteiger partial charge in [0.05, 0.1) is 6.61 Å². The first-order chi connectivity index (χ1) is 20.4. The van der Waals surface area contributed by atoms with Crippen molar-refractivity contribution in [2.45, 2.75) is 75.0 Å². The standard InChI is InChI=1S/C34H34O5S3/c1-33(2)38-30-28(36-23-24-15-7-3-8-16-24)29(37-32(30)39-33)31(35)34(40-25-17-9-4-10-18-25,41-26-19-11-5-12-20-26)42-27-21-13-6-14-22-27/h3-22,28-32,35H,23H2,1-2H3/t28-,29-,30+,31+,32+/m0/s1. The molecule has 5 atom stereocenters. The van der Waals surface area contributed by atoms with E-state index in [2.05, 4.69) is 36.4 Å². The fourth-order valence-corrected chi connectivity index (χ4v) is 9.98. The molecule has 0 unspecified atom stereocenters. The lowest BCUT2D eigenvalue weighted by Gasteiger charge is -2.40. The maximum atomic E-state index is 12.6. The van der Waals surface area contributed by atoms with Crippen LogP contribution < -0.4 is 0 Å². The first-order valence-electron chi connectivity index (χ1n) is 14.0. The average Bonchev–Trinajstić information content (AvgIpc) is 3.49. The number of aliphatic hydroxyl groups is 1. The molecule has 42 heavy (non-hydrogen) atoms. The first kappa shape index (κ1) is 29.8. The van der Waals surface area contributed by atoms with Gasteiger partial charge in [-0.1, -0.05) is 120 Å². The molecule has 2 aliphatic heterocycles. The van der Waals surface area contributed by atoms with Crippen LogP contribution in [-0.4, -0.2) is 45.0 Å². The van der Waals surface area contributed by atoms with Crippen molar-refractivity contribution < 1.29 is 24.1 Å². The fraction of sp³-hybridized carbons (Fsp3) is 0.294. The van der Waals surface area contributed by atoms with E-state index in [0.717, 1.165) is 20.2 Å². The summed E-state index contributed by atoms with van der Waals surface area (Å²) in [4.78, 5) is 3.12. The molecule has 0 saturated carbocycles. The highest BCUT2D eigenvalue weighted by Gasteiger charge is 2.60. The van der Waals surface area contributed by atoms with Gasteiger partial charge in [-0.05, 0) is 55.8 Å². The van der Waals surface area contributed by atoms with Crippen LogP contribution in [0.3, 0.4) is 0 Å². The van der Waals surface area contributed by atoms with E-state index in [9.17, 15) is 5.11 Å². The topological polar surface area (TPSA) is 57.2 Å². The van der Waals surface area contributed by atoms with Crippen LogP contribution in [0.25, 0.3) is 0 Å². The van der Waals surface area contributed by atoms with Gasteiger partial charge in [-0.25, -0.2) is 0 Å². The van der Waals surface area contributed by atoms with Crippen molar-refractivity contribution in [2.24, 2.45) is 0 Å². The monoisotopic (exact) mass is 618 g/mol. The quantitative estimate of drug-likeness (QED) is 0.135. The minimum atomic E-state index is -1.00. The van der Waals surface area contributed by atoms with Crippen molar-refractivity contribution >= 4 is 35.3 Å². The lowest BCUT2D eigenvalue weighted by molar-refractivity contribution is -0.229. The molecule has 6 rings (SSSR count). The van der Waals surface area contributed by atoms with E-state index in [1.807, 2.05) is 98.8 Å². The Kier molecular flexibility index (Phi) is 9.33. The Balaban J connectivity index is 1.39. The van der Waals surface area contributed by atoms with Gasteiger partial charge in [-0.15, -0.1) is 0 Å². The zero-order valence-electron chi connectivity index (χ0n) is 23.4. The van der Waals surface area contributed by atoms with E-state index in [1.54, 1.807) is 35.3 Å². The van der Waals surface area contributed by atoms with Gasteiger partial charge in [-0.2, -0.15) is 0 Å². The van der Waals surface area contributed by atoms with Crippen molar-refractivity contribution in [1.29, 1.82) is 0 Å². The maximum absolute atomic E-state index is 12.6. The molecule has 2 fully saturated rings. The maximum Gasteiger partial charge on any atom is 0.190 e. The van der Waals surface area contributed by atoms with E-state index in [4.69, 9.17) is 18.9 Å². The Morgan fingerprint density at radius 1 is 0.714 bits per heavy atom. The number of hydrogen-bond acceptors (Lipinski definition) is 8. The van der Waals surface area contributed by atoms with Crippen LogP contribution in [0, 0.1) is 0 Å². The van der Waals surface area contributed by atoms with Crippen LogP contribution in [0.2, 0.25) is 0 Å². The van der Waals surface area contributed by atoms with Crippen LogP contribution in [0.15, 0.2) is 136 Å². The Labute approximate surface area is 260 Å². The molecule has 8 heteroatoms. The smallest absolute Gasteiger partial charge is 0.190 e. The zero-order valence-corrected chi connectivity index (χ0v) is 25.9. The van der Waals surface area contributed by atoms with Crippen molar-refractivity contribution in [2.75, 3.05) is 0 Å². The van der Waals surface area contributed by atoms with Crippen LogP contribution >= 0.6 is 35.3 Å². The SMILES string of the molecule is CC1(C)O[C@H]2O[C@H]([C@@H](O)C(Sc3ccccc3)(Sc3ccccc3)Sc3ccccc3)[C@H](OCc3ccccc3)[C@H]2O1. The molecule has 2 heterocycles. The van der Waals surface area contributed by atoms with Gasteiger partial charge in [0.2, 0.25) is 0 Å². The van der Waals surface area contributed by atoms with Gasteiger partial charge >= 0.3 is 0 Å². The molecule has 4 aromatic rings. The molecular formula is C34H34O5S3. The molecule has 2 saturated heterocycles.